The van der Waals surface area contributed by atoms with Gasteiger partial charge in [0.05, 0.1) is 12.7 Å². The van der Waals surface area contributed by atoms with Gasteiger partial charge >= 0.3 is 0 Å². The van der Waals surface area contributed by atoms with Crippen LogP contribution >= 0.6 is 0 Å². The fraction of sp³-hybridized carbons (Fsp3) is 0.647. The fourth-order valence-corrected chi connectivity index (χ4v) is 1.73. The average molecular weight is 295 g/mol. The van der Waals surface area contributed by atoms with Crippen molar-refractivity contribution in [1.29, 1.82) is 0 Å². The summed E-state index contributed by atoms with van der Waals surface area (Å²) >= 11 is 0. The van der Waals surface area contributed by atoms with E-state index in [0.29, 0.717) is 12.7 Å². The van der Waals surface area contributed by atoms with Crippen molar-refractivity contribution in [2.45, 2.75) is 39.7 Å². The van der Waals surface area contributed by atoms with E-state index in [1.165, 1.54) is 0 Å². The lowest BCUT2D eigenvalue weighted by Gasteiger charge is -2.10. The number of hydrogen-bond acceptors (Lipinski definition) is 4. The normalized spacial score (nSPS) is 10.9. The molecular weight excluding hydrogens is 266 g/mol. The van der Waals surface area contributed by atoms with Crippen LogP contribution in [-0.4, -0.2) is 39.0 Å². The molecule has 0 heterocycles. The molecule has 4 nitrogen and oxygen atoms in total. The minimum absolute atomic E-state index is 0.317. The zero-order valence-corrected chi connectivity index (χ0v) is 13.6. The van der Waals surface area contributed by atoms with Crippen LogP contribution in [0.1, 0.15) is 33.6 Å². The summed E-state index contributed by atoms with van der Waals surface area (Å²) in [6.07, 6.45) is 2.37. The number of nitrogens with one attached hydrogen (secondary N) is 1. The Morgan fingerprint density at radius 2 is 1.52 bits per heavy atom. The summed E-state index contributed by atoms with van der Waals surface area (Å²) in [4.78, 5) is 0. The monoisotopic (exact) mass is 295 g/mol. The molecule has 0 bridgehead atoms. The van der Waals surface area contributed by atoms with Gasteiger partial charge in [-0.3, -0.25) is 0 Å². The lowest BCUT2D eigenvalue weighted by atomic mass is 10.3. The minimum Gasteiger partial charge on any atom is -0.494 e. The van der Waals surface area contributed by atoms with Crippen LogP contribution in [-0.2, 0) is 4.74 Å². The summed E-state index contributed by atoms with van der Waals surface area (Å²) in [5, 5.41) is 3.34. The largest absolute Gasteiger partial charge is 0.494 e. The SMILES string of the molecule is CCCOc1ccc(OCCNCCCOC(C)C)cc1. The summed E-state index contributed by atoms with van der Waals surface area (Å²) in [6, 6.07) is 7.78. The second-order valence-corrected chi connectivity index (χ2v) is 5.19. The smallest absolute Gasteiger partial charge is 0.119 e. The van der Waals surface area contributed by atoms with E-state index in [9.17, 15) is 0 Å². The van der Waals surface area contributed by atoms with Crippen LogP contribution in [0.15, 0.2) is 24.3 Å². The standard InChI is InChI=1S/C17H29NO3/c1-4-12-20-16-6-8-17(9-7-16)21-14-11-18-10-5-13-19-15(2)3/h6-9,15,18H,4-5,10-14H2,1-3H3. The molecule has 0 unspecified atom stereocenters. The highest BCUT2D eigenvalue weighted by atomic mass is 16.5. The van der Waals surface area contributed by atoms with Crippen molar-refractivity contribution in [1.82, 2.24) is 5.32 Å². The predicted molar refractivity (Wildman–Crippen MR) is 86.3 cm³/mol. The van der Waals surface area contributed by atoms with Gasteiger partial charge in [-0.1, -0.05) is 6.92 Å². The first-order valence-corrected chi connectivity index (χ1v) is 7.90. The Kier molecular flexibility index (Phi) is 9.66. The zero-order chi connectivity index (χ0) is 15.3. The predicted octanol–water partition coefficient (Wildman–Crippen LogP) is 3.26. The highest BCUT2D eigenvalue weighted by molar-refractivity contribution is 5.31. The highest BCUT2D eigenvalue weighted by Gasteiger charge is 1.97. The number of benzene rings is 1. The van der Waals surface area contributed by atoms with Gasteiger partial charge < -0.3 is 19.5 Å². The van der Waals surface area contributed by atoms with Gasteiger partial charge in [0.1, 0.15) is 18.1 Å². The molecule has 0 saturated heterocycles. The first kappa shape index (κ1) is 17.8. The molecule has 1 N–H and O–H groups in total. The Bertz CT molecular complexity index is 352. The van der Waals surface area contributed by atoms with Crippen LogP contribution in [0.3, 0.4) is 0 Å². The third-order valence-corrected chi connectivity index (χ3v) is 2.79. The average Bonchev–Trinajstić information content (AvgIpc) is 2.48. The van der Waals surface area contributed by atoms with Crippen molar-refractivity contribution in [2.75, 3.05) is 32.9 Å². The lowest BCUT2D eigenvalue weighted by Crippen LogP contribution is -2.23. The number of rotatable bonds is 12. The molecule has 0 aliphatic carbocycles. The van der Waals surface area contributed by atoms with Gasteiger partial charge in [-0.15, -0.1) is 0 Å². The van der Waals surface area contributed by atoms with E-state index in [-0.39, 0.29) is 0 Å². The van der Waals surface area contributed by atoms with Gasteiger partial charge in [0, 0.05) is 13.2 Å². The van der Waals surface area contributed by atoms with E-state index in [1.54, 1.807) is 0 Å². The molecule has 4 heteroatoms. The Labute approximate surface area is 128 Å². The first-order chi connectivity index (χ1) is 10.2. The van der Waals surface area contributed by atoms with E-state index in [1.807, 2.05) is 24.3 Å². The molecule has 0 fully saturated rings. The molecule has 0 radical (unpaired) electrons. The van der Waals surface area contributed by atoms with Gasteiger partial charge in [-0.2, -0.15) is 0 Å². The summed E-state index contributed by atoms with van der Waals surface area (Å²) in [6.45, 7) is 10.2. The van der Waals surface area contributed by atoms with E-state index in [4.69, 9.17) is 14.2 Å². The van der Waals surface area contributed by atoms with E-state index >= 15 is 0 Å². The molecule has 1 rings (SSSR count). The molecule has 0 saturated carbocycles. The summed E-state index contributed by atoms with van der Waals surface area (Å²) < 4.78 is 16.7. The van der Waals surface area contributed by atoms with E-state index in [2.05, 4.69) is 26.1 Å². The van der Waals surface area contributed by atoms with E-state index < -0.39 is 0 Å². The zero-order valence-electron chi connectivity index (χ0n) is 13.6. The summed E-state index contributed by atoms with van der Waals surface area (Å²) in [5.41, 5.74) is 0. The van der Waals surface area contributed by atoms with Gasteiger partial charge in [0.2, 0.25) is 0 Å². The van der Waals surface area contributed by atoms with Crippen LogP contribution in [0, 0.1) is 0 Å². The van der Waals surface area contributed by atoms with Gasteiger partial charge in [0.15, 0.2) is 0 Å². The van der Waals surface area contributed by atoms with Crippen LogP contribution < -0.4 is 14.8 Å². The molecule has 0 aliphatic rings. The molecule has 0 aromatic heterocycles. The Hall–Kier alpha value is -1.26. The number of hydrogen-bond donors (Lipinski definition) is 1. The Morgan fingerprint density at radius 3 is 2.10 bits per heavy atom. The van der Waals surface area contributed by atoms with Crippen LogP contribution in [0.25, 0.3) is 0 Å². The van der Waals surface area contributed by atoms with Crippen molar-refractivity contribution in [3.8, 4) is 11.5 Å². The van der Waals surface area contributed by atoms with E-state index in [0.717, 1.165) is 50.6 Å². The maximum atomic E-state index is 5.66. The maximum absolute atomic E-state index is 5.66. The molecule has 21 heavy (non-hydrogen) atoms. The molecule has 0 atom stereocenters. The van der Waals surface area contributed by atoms with Crippen molar-refractivity contribution >= 4 is 0 Å². The quantitative estimate of drug-likeness (QED) is 0.601. The third kappa shape index (κ3) is 9.32. The minimum atomic E-state index is 0.317. The van der Waals surface area contributed by atoms with Gasteiger partial charge in [-0.25, -0.2) is 0 Å². The molecule has 0 aliphatic heterocycles. The molecule has 0 amide bonds. The van der Waals surface area contributed by atoms with Crippen LogP contribution in [0.2, 0.25) is 0 Å². The maximum Gasteiger partial charge on any atom is 0.119 e. The molecular formula is C17H29NO3. The molecule has 120 valence electrons. The summed E-state index contributed by atoms with van der Waals surface area (Å²) in [7, 11) is 0. The van der Waals surface area contributed by atoms with Crippen LogP contribution in [0.5, 0.6) is 11.5 Å². The Balaban J connectivity index is 2.02. The van der Waals surface area contributed by atoms with Gasteiger partial charge in [0.25, 0.3) is 0 Å². The van der Waals surface area contributed by atoms with Gasteiger partial charge in [-0.05, 0) is 57.5 Å². The van der Waals surface area contributed by atoms with Crippen LogP contribution in [0.4, 0.5) is 0 Å². The second kappa shape index (κ2) is 11.4. The fourth-order valence-electron chi connectivity index (χ4n) is 1.73. The third-order valence-electron chi connectivity index (χ3n) is 2.79. The Morgan fingerprint density at radius 1 is 0.905 bits per heavy atom. The van der Waals surface area contributed by atoms with Crippen molar-refractivity contribution in [3.63, 3.8) is 0 Å². The molecule has 1 aromatic rings. The van der Waals surface area contributed by atoms with Crippen molar-refractivity contribution < 1.29 is 14.2 Å². The highest BCUT2D eigenvalue weighted by Crippen LogP contribution is 2.17. The first-order valence-electron chi connectivity index (χ1n) is 7.90. The van der Waals surface area contributed by atoms with Crippen molar-refractivity contribution in [3.05, 3.63) is 24.3 Å². The summed E-state index contributed by atoms with van der Waals surface area (Å²) in [5.74, 6) is 1.77. The number of ether oxygens (including phenoxy) is 3. The second-order valence-electron chi connectivity index (χ2n) is 5.19. The lowest BCUT2D eigenvalue weighted by molar-refractivity contribution is 0.0770. The molecule has 0 spiro atoms. The van der Waals surface area contributed by atoms with Crippen molar-refractivity contribution in [2.24, 2.45) is 0 Å². The molecule has 1 aromatic carbocycles. The topological polar surface area (TPSA) is 39.7 Å².